The Hall–Kier alpha value is -3.02. The molecular weight excluding hydrogens is 294 g/mol. The first-order valence-electron chi connectivity index (χ1n) is 7.10. The Bertz CT molecular complexity index is 871. The smallest absolute Gasteiger partial charge is 0.347 e. The third-order valence-electron chi connectivity index (χ3n) is 3.57. The number of anilines is 1. The number of carbonyl (C=O) groups is 1. The summed E-state index contributed by atoms with van der Waals surface area (Å²) in [5.41, 5.74) is 2.42. The number of ether oxygens (including phenoxy) is 2. The number of amides is 1. The van der Waals surface area contributed by atoms with Gasteiger partial charge in [-0.05, 0) is 31.2 Å². The molecule has 0 saturated heterocycles. The Morgan fingerprint density at radius 1 is 1.13 bits per heavy atom. The second-order valence-electron chi connectivity index (χ2n) is 5.12. The minimum atomic E-state index is -0.354. The molecule has 0 aliphatic carbocycles. The molecule has 3 aromatic rings. The van der Waals surface area contributed by atoms with Crippen LogP contribution in [-0.2, 0) is 0 Å². The molecule has 118 valence electrons. The summed E-state index contributed by atoms with van der Waals surface area (Å²) < 4.78 is 11.8. The minimum absolute atomic E-state index is 0.354. The third kappa shape index (κ3) is 2.83. The molecule has 6 nitrogen and oxygen atoms in total. The van der Waals surface area contributed by atoms with Crippen molar-refractivity contribution in [2.45, 2.75) is 6.92 Å². The summed E-state index contributed by atoms with van der Waals surface area (Å²) in [7, 11) is 3.11. The van der Waals surface area contributed by atoms with E-state index in [1.54, 1.807) is 31.5 Å². The largest absolute Gasteiger partial charge is 0.497 e. The van der Waals surface area contributed by atoms with Crippen molar-refractivity contribution in [1.29, 1.82) is 0 Å². The topological polar surface area (TPSA) is 65.4 Å². The molecule has 0 radical (unpaired) electrons. The van der Waals surface area contributed by atoms with Gasteiger partial charge in [0.1, 0.15) is 11.5 Å². The Morgan fingerprint density at radius 2 is 1.96 bits per heavy atom. The molecule has 1 aromatic heterocycles. The lowest BCUT2D eigenvalue weighted by molar-refractivity contribution is 0.251. The Balaban J connectivity index is 1.92. The molecule has 0 fully saturated rings. The van der Waals surface area contributed by atoms with Crippen molar-refractivity contribution in [2.75, 3.05) is 19.5 Å². The van der Waals surface area contributed by atoms with Crippen LogP contribution in [0, 0.1) is 6.92 Å². The molecule has 0 aliphatic heterocycles. The van der Waals surface area contributed by atoms with Gasteiger partial charge in [-0.2, -0.15) is 9.78 Å². The van der Waals surface area contributed by atoms with Crippen molar-refractivity contribution in [3.63, 3.8) is 0 Å². The fraction of sp³-hybridized carbons (Fsp3) is 0.176. The van der Waals surface area contributed by atoms with Gasteiger partial charge in [-0.3, -0.25) is 0 Å². The van der Waals surface area contributed by atoms with E-state index in [9.17, 15) is 4.79 Å². The van der Waals surface area contributed by atoms with E-state index >= 15 is 0 Å². The molecule has 0 aliphatic rings. The minimum Gasteiger partial charge on any atom is -0.497 e. The standard InChI is InChI=1S/C17H17N3O3/c1-11-4-7-15-12(8-11)10-18-20(15)17(21)19-14-6-5-13(22-2)9-16(14)23-3/h4-10H,1-3H3,(H,19,21). The number of carbonyl (C=O) groups excluding carboxylic acids is 1. The van der Waals surface area contributed by atoms with Gasteiger partial charge in [0.2, 0.25) is 0 Å². The molecule has 23 heavy (non-hydrogen) atoms. The summed E-state index contributed by atoms with van der Waals surface area (Å²) >= 11 is 0. The molecule has 0 saturated carbocycles. The average Bonchev–Trinajstić information content (AvgIpc) is 2.98. The lowest BCUT2D eigenvalue weighted by atomic mass is 10.2. The number of benzene rings is 2. The number of hydrogen-bond donors (Lipinski definition) is 1. The van der Waals surface area contributed by atoms with Crippen LogP contribution in [0.4, 0.5) is 10.5 Å². The van der Waals surface area contributed by atoms with Gasteiger partial charge in [-0.1, -0.05) is 11.6 Å². The number of aromatic nitrogens is 2. The number of aryl methyl sites for hydroxylation is 1. The van der Waals surface area contributed by atoms with Crippen LogP contribution < -0.4 is 14.8 Å². The van der Waals surface area contributed by atoms with Crippen LogP contribution in [-0.4, -0.2) is 30.0 Å². The number of nitrogens with zero attached hydrogens (tertiary/aromatic N) is 2. The van der Waals surface area contributed by atoms with Crippen LogP contribution in [0.3, 0.4) is 0 Å². The van der Waals surface area contributed by atoms with Crippen LogP contribution in [0.25, 0.3) is 10.9 Å². The summed E-state index contributed by atoms with van der Waals surface area (Å²) in [6, 6.07) is 10.6. The van der Waals surface area contributed by atoms with Gasteiger partial charge < -0.3 is 14.8 Å². The van der Waals surface area contributed by atoms with Crippen LogP contribution in [0.5, 0.6) is 11.5 Å². The first kappa shape index (κ1) is 14.9. The van der Waals surface area contributed by atoms with Gasteiger partial charge in [-0.25, -0.2) is 4.79 Å². The van der Waals surface area contributed by atoms with Gasteiger partial charge in [0, 0.05) is 11.5 Å². The van der Waals surface area contributed by atoms with Crippen molar-refractivity contribution >= 4 is 22.6 Å². The summed E-state index contributed by atoms with van der Waals surface area (Å²) in [6.07, 6.45) is 1.67. The van der Waals surface area contributed by atoms with Crippen LogP contribution in [0.2, 0.25) is 0 Å². The zero-order valence-corrected chi connectivity index (χ0v) is 13.2. The molecule has 0 bridgehead atoms. The van der Waals surface area contributed by atoms with E-state index < -0.39 is 0 Å². The lowest BCUT2D eigenvalue weighted by Crippen LogP contribution is -2.20. The normalized spacial score (nSPS) is 10.6. The maximum Gasteiger partial charge on any atom is 0.347 e. The van der Waals surface area contributed by atoms with Crippen molar-refractivity contribution < 1.29 is 14.3 Å². The highest BCUT2D eigenvalue weighted by Gasteiger charge is 2.13. The van der Waals surface area contributed by atoms with Crippen LogP contribution in [0.15, 0.2) is 42.6 Å². The van der Waals surface area contributed by atoms with Crippen LogP contribution >= 0.6 is 0 Å². The fourth-order valence-electron chi connectivity index (χ4n) is 2.38. The summed E-state index contributed by atoms with van der Waals surface area (Å²) in [5, 5.41) is 7.88. The summed E-state index contributed by atoms with van der Waals surface area (Å²) in [6.45, 7) is 2.00. The quantitative estimate of drug-likeness (QED) is 0.804. The van der Waals surface area contributed by atoms with Crippen molar-refractivity contribution in [3.05, 3.63) is 48.2 Å². The van der Waals surface area contributed by atoms with E-state index in [1.165, 1.54) is 11.8 Å². The molecule has 0 unspecified atom stereocenters. The maximum atomic E-state index is 12.5. The summed E-state index contributed by atoms with van der Waals surface area (Å²) in [4.78, 5) is 12.5. The van der Waals surface area contributed by atoms with Gasteiger partial charge in [-0.15, -0.1) is 0 Å². The molecular formula is C17H17N3O3. The third-order valence-corrected chi connectivity index (χ3v) is 3.57. The van der Waals surface area contributed by atoms with E-state index in [-0.39, 0.29) is 6.03 Å². The van der Waals surface area contributed by atoms with E-state index in [0.717, 1.165) is 16.5 Å². The summed E-state index contributed by atoms with van der Waals surface area (Å²) in [5.74, 6) is 1.17. The predicted octanol–water partition coefficient (Wildman–Crippen LogP) is 3.44. The number of nitrogens with one attached hydrogen (secondary N) is 1. The van der Waals surface area contributed by atoms with E-state index in [2.05, 4.69) is 10.4 Å². The second-order valence-corrected chi connectivity index (χ2v) is 5.12. The highest BCUT2D eigenvalue weighted by atomic mass is 16.5. The zero-order chi connectivity index (χ0) is 16.4. The van der Waals surface area contributed by atoms with E-state index in [0.29, 0.717) is 17.2 Å². The molecule has 3 rings (SSSR count). The monoisotopic (exact) mass is 311 g/mol. The number of hydrogen-bond acceptors (Lipinski definition) is 4. The molecule has 0 atom stereocenters. The highest BCUT2D eigenvalue weighted by Crippen LogP contribution is 2.29. The van der Waals surface area contributed by atoms with Crippen molar-refractivity contribution in [3.8, 4) is 11.5 Å². The van der Waals surface area contributed by atoms with Gasteiger partial charge >= 0.3 is 6.03 Å². The Labute approximate surface area is 133 Å². The SMILES string of the molecule is COc1ccc(NC(=O)n2ncc3cc(C)ccc32)c(OC)c1. The van der Waals surface area contributed by atoms with E-state index in [4.69, 9.17) is 9.47 Å². The Kier molecular flexibility index (Phi) is 3.89. The van der Waals surface area contributed by atoms with E-state index in [1.807, 2.05) is 25.1 Å². The van der Waals surface area contributed by atoms with Crippen molar-refractivity contribution in [1.82, 2.24) is 9.78 Å². The molecule has 1 N–H and O–H groups in total. The van der Waals surface area contributed by atoms with Crippen LogP contribution in [0.1, 0.15) is 5.56 Å². The first-order valence-corrected chi connectivity index (χ1v) is 7.10. The van der Waals surface area contributed by atoms with Gasteiger partial charge in [0.05, 0.1) is 31.6 Å². The number of methoxy groups -OCH3 is 2. The molecule has 1 heterocycles. The number of fused-ring (bicyclic) bond motifs is 1. The number of rotatable bonds is 3. The zero-order valence-electron chi connectivity index (χ0n) is 13.2. The van der Waals surface area contributed by atoms with Crippen molar-refractivity contribution in [2.24, 2.45) is 0 Å². The predicted molar refractivity (Wildman–Crippen MR) is 88.4 cm³/mol. The van der Waals surface area contributed by atoms with Gasteiger partial charge in [0.15, 0.2) is 0 Å². The molecule has 6 heteroatoms. The second kappa shape index (κ2) is 6.00. The first-order chi connectivity index (χ1) is 11.1. The average molecular weight is 311 g/mol. The Morgan fingerprint density at radius 3 is 2.70 bits per heavy atom. The maximum absolute atomic E-state index is 12.5. The molecule has 2 aromatic carbocycles. The lowest BCUT2D eigenvalue weighted by Gasteiger charge is -2.11. The molecule has 0 spiro atoms. The molecule has 1 amide bonds. The van der Waals surface area contributed by atoms with Gasteiger partial charge in [0.25, 0.3) is 0 Å². The fourth-order valence-corrected chi connectivity index (χ4v) is 2.38. The highest BCUT2D eigenvalue weighted by molar-refractivity contribution is 5.98.